The maximum Gasteiger partial charge on any atom is 0.293 e. The van der Waals surface area contributed by atoms with Crippen molar-refractivity contribution in [3.05, 3.63) is 29.8 Å². The SMILES string of the molecule is Cc1ccc(N(C)C(=O)Br)cc1. The molecule has 1 aromatic rings. The fourth-order valence-corrected chi connectivity index (χ4v) is 1.07. The van der Waals surface area contributed by atoms with Crippen LogP contribution in [0.15, 0.2) is 24.3 Å². The number of benzene rings is 1. The summed E-state index contributed by atoms with van der Waals surface area (Å²) in [6.45, 7) is 2.01. The first kappa shape index (κ1) is 9.26. The second kappa shape index (κ2) is 3.72. The Morgan fingerprint density at radius 2 is 1.83 bits per heavy atom. The summed E-state index contributed by atoms with van der Waals surface area (Å²) in [4.78, 5) is 12.3. The topological polar surface area (TPSA) is 20.3 Å². The van der Waals surface area contributed by atoms with E-state index in [4.69, 9.17) is 0 Å². The molecule has 64 valence electrons. The Bertz CT molecular complexity index is 281. The van der Waals surface area contributed by atoms with Crippen molar-refractivity contribution in [1.29, 1.82) is 0 Å². The van der Waals surface area contributed by atoms with Gasteiger partial charge in [0.25, 0.3) is 4.82 Å². The minimum absolute atomic E-state index is 0.133. The van der Waals surface area contributed by atoms with E-state index in [2.05, 4.69) is 15.9 Å². The molecule has 0 saturated heterocycles. The van der Waals surface area contributed by atoms with Gasteiger partial charge in [-0.05, 0) is 19.1 Å². The standard InChI is InChI=1S/C9H10BrNO/c1-7-3-5-8(6-4-7)11(2)9(10)12/h3-6H,1-2H3. The lowest BCUT2D eigenvalue weighted by Gasteiger charge is -2.13. The van der Waals surface area contributed by atoms with Crippen molar-refractivity contribution >= 4 is 26.4 Å². The van der Waals surface area contributed by atoms with Gasteiger partial charge in [-0.3, -0.25) is 4.79 Å². The molecular formula is C9H10BrNO. The smallest absolute Gasteiger partial charge is 0.293 e. The van der Waals surface area contributed by atoms with Gasteiger partial charge in [0.15, 0.2) is 0 Å². The number of aryl methyl sites for hydroxylation is 1. The zero-order valence-corrected chi connectivity index (χ0v) is 8.63. The van der Waals surface area contributed by atoms with E-state index in [0.717, 1.165) is 5.69 Å². The molecule has 0 radical (unpaired) electrons. The second-order valence-corrected chi connectivity index (χ2v) is 3.33. The summed E-state index contributed by atoms with van der Waals surface area (Å²) in [7, 11) is 1.72. The van der Waals surface area contributed by atoms with Crippen LogP contribution in [-0.2, 0) is 0 Å². The average Bonchev–Trinajstić information content (AvgIpc) is 2.04. The van der Waals surface area contributed by atoms with Crippen LogP contribution in [-0.4, -0.2) is 11.9 Å². The number of carbonyl (C=O) groups is 1. The predicted molar refractivity (Wildman–Crippen MR) is 53.9 cm³/mol. The molecule has 1 amide bonds. The van der Waals surface area contributed by atoms with Crippen LogP contribution in [0, 0.1) is 6.92 Å². The van der Waals surface area contributed by atoms with Gasteiger partial charge in [0, 0.05) is 28.7 Å². The molecule has 3 heteroatoms. The third-order valence-electron chi connectivity index (χ3n) is 1.68. The van der Waals surface area contributed by atoms with Crippen molar-refractivity contribution in [3.63, 3.8) is 0 Å². The highest BCUT2D eigenvalue weighted by Gasteiger charge is 2.04. The van der Waals surface area contributed by atoms with Crippen molar-refractivity contribution < 1.29 is 4.79 Å². The maximum absolute atomic E-state index is 10.9. The van der Waals surface area contributed by atoms with Gasteiger partial charge < -0.3 is 4.90 Å². The molecule has 0 bridgehead atoms. The van der Waals surface area contributed by atoms with E-state index in [1.807, 2.05) is 31.2 Å². The van der Waals surface area contributed by atoms with E-state index >= 15 is 0 Å². The summed E-state index contributed by atoms with van der Waals surface area (Å²) < 4.78 is 0. The van der Waals surface area contributed by atoms with Gasteiger partial charge in [0.1, 0.15) is 0 Å². The summed E-state index contributed by atoms with van der Waals surface area (Å²) in [5, 5.41) is 0. The van der Waals surface area contributed by atoms with Crippen LogP contribution in [0.1, 0.15) is 5.56 Å². The molecule has 0 heterocycles. The Hall–Kier alpha value is -0.830. The Kier molecular flexibility index (Phi) is 2.87. The fraction of sp³-hybridized carbons (Fsp3) is 0.222. The van der Waals surface area contributed by atoms with Crippen molar-refractivity contribution in [1.82, 2.24) is 0 Å². The van der Waals surface area contributed by atoms with Gasteiger partial charge in [-0.15, -0.1) is 0 Å². The summed E-state index contributed by atoms with van der Waals surface area (Å²) >= 11 is 2.88. The van der Waals surface area contributed by atoms with Crippen LogP contribution >= 0.6 is 15.9 Å². The summed E-state index contributed by atoms with van der Waals surface area (Å²) in [6, 6.07) is 7.77. The number of hydrogen-bond donors (Lipinski definition) is 0. The van der Waals surface area contributed by atoms with Crippen molar-refractivity contribution in [2.24, 2.45) is 0 Å². The number of hydrogen-bond acceptors (Lipinski definition) is 1. The second-order valence-electron chi connectivity index (χ2n) is 2.65. The summed E-state index contributed by atoms with van der Waals surface area (Å²) in [5.74, 6) is 0. The molecule has 1 aromatic carbocycles. The molecule has 0 spiro atoms. The first-order valence-corrected chi connectivity index (χ1v) is 4.40. The number of anilines is 1. The van der Waals surface area contributed by atoms with Crippen LogP contribution in [0.3, 0.4) is 0 Å². The van der Waals surface area contributed by atoms with Crippen molar-refractivity contribution in [3.8, 4) is 0 Å². The fourth-order valence-electron chi connectivity index (χ4n) is 0.870. The van der Waals surface area contributed by atoms with E-state index in [1.165, 1.54) is 5.56 Å². The third-order valence-corrected chi connectivity index (χ3v) is 2.22. The van der Waals surface area contributed by atoms with E-state index in [1.54, 1.807) is 11.9 Å². The van der Waals surface area contributed by atoms with Gasteiger partial charge in [-0.2, -0.15) is 0 Å². The quantitative estimate of drug-likeness (QED) is 0.534. The highest BCUT2D eigenvalue weighted by atomic mass is 79.9. The van der Waals surface area contributed by atoms with Crippen molar-refractivity contribution in [2.45, 2.75) is 6.92 Å². The first-order chi connectivity index (χ1) is 5.61. The highest BCUT2D eigenvalue weighted by Crippen LogP contribution is 2.15. The van der Waals surface area contributed by atoms with Gasteiger partial charge >= 0.3 is 0 Å². The van der Waals surface area contributed by atoms with E-state index in [-0.39, 0.29) is 4.82 Å². The third kappa shape index (κ3) is 2.08. The average molecular weight is 228 g/mol. The summed E-state index contributed by atoms with van der Waals surface area (Å²) in [6.07, 6.45) is 0. The van der Waals surface area contributed by atoms with Gasteiger partial charge in [0.2, 0.25) is 0 Å². The Morgan fingerprint density at radius 1 is 1.33 bits per heavy atom. The van der Waals surface area contributed by atoms with Crippen LogP contribution in [0.25, 0.3) is 0 Å². The van der Waals surface area contributed by atoms with Crippen LogP contribution in [0.4, 0.5) is 10.5 Å². The Labute approximate surface area is 80.3 Å². The molecule has 0 atom stereocenters. The summed E-state index contributed by atoms with van der Waals surface area (Å²) in [5.41, 5.74) is 2.08. The Balaban J connectivity index is 2.89. The number of halogens is 1. The molecule has 1 rings (SSSR count). The molecule has 0 aliphatic rings. The lowest BCUT2D eigenvalue weighted by atomic mass is 10.2. The zero-order chi connectivity index (χ0) is 9.14. The normalized spacial score (nSPS) is 9.58. The maximum atomic E-state index is 10.9. The molecule has 0 aliphatic heterocycles. The minimum Gasteiger partial charge on any atom is -0.306 e. The van der Waals surface area contributed by atoms with Crippen LogP contribution in [0.2, 0.25) is 0 Å². The first-order valence-electron chi connectivity index (χ1n) is 3.61. The molecular weight excluding hydrogens is 218 g/mol. The molecule has 0 N–H and O–H groups in total. The number of amides is 1. The molecule has 0 aromatic heterocycles. The highest BCUT2D eigenvalue weighted by molar-refractivity contribution is 9.18. The minimum atomic E-state index is -0.133. The molecule has 12 heavy (non-hydrogen) atoms. The lowest BCUT2D eigenvalue weighted by Crippen LogP contribution is -2.18. The van der Waals surface area contributed by atoms with Crippen LogP contribution in [0.5, 0.6) is 0 Å². The molecule has 2 nitrogen and oxygen atoms in total. The number of rotatable bonds is 1. The molecule has 0 fully saturated rings. The Morgan fingerprint density at radius 3 is 2.25 bits per heavy atom. The van der Waals surface area contributed by atoms with Gasteiger partial charge in [-0.1, -0.05) is 17.7 Å². The number of carbonyl (C=O) groups excluding carboxylic acids is 1. The van der Waals surface area contributed by atoms with Gasteiger partial charge in [0.05, 0.1) is 0 Å². The van der Waals surface area contributed by atoms with E-state index < -0.39 is 0 Å². The van der Waals surface area contributed by atoms with E-state index in [9.17, 15) is 4.79 Å². The predicted octanol–water partition coefficient (Wildman–Crippen LogP) is 2.95. The monoisotopic (exact) mass is 227 g/mol. The van der Waals surface area contributed by atoms with Crippen LogP contribution < -0.4 is 4.90 Å². The van der Waals surface area contributed by atoms with E-state index in [0.29, 0.717) is 0 Å². The van der Waals surface area contributed by atoms with Gasteiger partial charge in [-0.25, -0.2) is 0 Å². The zero-order valence-electron chi connectivity index (χ0n) is 7.04. The lowest BCUT2D eigenvalue weighted by molar-refractivity contribution is 0.267. The molecule has 0 saturated carbocycles. The largest absolute Gasteiger partial charge is 0.306 e. The molecule has 0 unspecified atom stereocenters. The van der Waals surface area contributed by atoms with Crippen molar-refractivity contribution in [2.75, 3.05) is 11.9 Å². The molecule has 0 aliphatic carbocycles. The number of nitrogens with zero attached hydrogens (tertiary/aromatic N) is 1.